The molecule has 22 heavy (non-hydrogen) atoms. The molecule has 0 spiro atoms. The molecule has 0 bridgehead atoms. The van der Waals surface area contributed by atoms with E-state index in [1.807, 2.05) is 31.2 Å². The largest absolute Gasteiger partial charge is 0.494 e. The number of nitriles is 1. The lowest BCUT2D eigenvalue weighted by molar-refractivity contribution is -0.120. The van der Waals surface area contributed by atoms with Crippen molar-refractivity contribution in [2.45, 2.75) is 26.2 Å². The van der Waals surface area contributed by atoms with Crippen LogP contribution in [0.4, 0.5) is 0 Å². The minimum atomic E-state index is -0.289. The van der Waals surface area contributed by atoms with Crippen molar-refractivity contribution in [1.82, 2.24) is 10.6 Å². The molecule has 118 valence electrons. The van der Waals surface area contributed by atoms with E-state index in [1.54, 1.807) is 6.07 Å². The Balaban J connectivity index is 2.18. The van der Waals surface area contributed by atoms with Crippen molar-refractivity contribution < 1.29 is 14.3 Å². The summed E-state index contributed by atoms with van der Waals surface area (Å²) in [5.74, 6) is 0.440. The minimum absolute atomic E-state index is 0.0625. The van der Waals surface area contributed by atoms with Crippen LogP contribution in [0.1, 0.15) is 25.3 Å². The van der Waals surface area contributed by atoms with Crippen LogP contribution in [0, 0.1) is 11.3 Å². The number of carbonyl (C=O) groups excluding carboxylic acids is 2. The molecule has 0 heterocycles. The van der Waals surface area contributed by atoms with Crippen LogP contribution in [0.15, 0.2) is 24.3 Å². The maximum atomic E-state index is 11.7. The van der Waals surface area contributed by atoms with Gasteiger partial charge in [-0.3, -0.25) is 9.59 Å². The van der Waals surface area contributed by atoms with Gasteiger partial charge in [0.15, 0.2) is 0 Å². The number of rotatable bonds is 9. The van der Waals surface area contributed by atoms with Gasteiger partial charge >= 0.3 is 0 Å². The number of nitrogens with one attached hydrogen (secondary N) is 2. The predicted octanol–water partition coefficient (Wildman–Crippen LogP) is 1.16. The van der Waals surface area contributed by atoms with E-state index in [2.05, 4.69) is 10.6 Å². The summed E-state index contributed by atoms with van der Waals surface area (Å²) in [7, 11) is 0. The molecule has 6 heteroatoms. The first-order valence-electron chi connectivity index (χ1n) is 7.27. The lowest BCUT2D eigenvalue weighted by Crippen LogP contribution is -2.30. The first kappa shape index (κ1) is 17.5. The molecule has 0 unspecified atom stereocenters. The Morgan fingerprint density at radius 1 is 1.14 bits per heavy atom. The summed E-state index contributed by atoms with van der Waals surface area (Å²) in [6.45, 7) is 3.47. The highest BCUT2D eigenvalue weighted by atomic mass is 16.5. The average Bonchev–Trinajstić information content (AvgIpc) is 2.49. The van der Waals surface area contributed by atoms with E-state index < -0.39 is 0 Å². The van der Waals surface area contributed by atoms with Crippen LogP contribution in [-0.4, -0.2) is 31.5 Å². The fourth-order valence-corrected chi connectivity index (χ4v) is 1.80. The Morgan fingerprint density at radius 3 is 2.36 bits per heavy atom. The van der Waals surface area contributed by atoms with E-state index in [4.69, 9.17) is 10.00 Å². The molecular formula is C16H21N3O3. The van der Waals surface area contributed by atoms with Crippen molar-refractivity contribution >= 4 is 11.8 Å². The molecule has 0 aromatic heterocycles. The quantitative estimate of drug-likeness (QED) is 0.670. The lowest BCUT2D eigenvalue weighted by atomic mass is 10.1. The summed E-state index contributed by atoms with van der Waals surface area (Å²) < 4.78 is 5.34. The highest BCUT2D eigenvalue weighted by Crippen LogP contribution is 2.12. The van der Waals surface area contributed by atoms with Crippen molar-refractivity contribution in [2.75, 3.05) is 19.7 Å². The van der Waals surface area contributed by atoms with Crippen molar-refractivity contribution in [3.63, 3.8) is 0 Å². The Morgan fingerprint density at radius 2 is 1.77 bits per heavy atom. The smallest absolute Gasteiger partial charge is 0.234 e. The fourth-order valence-electron chi connectivity index (χ4n) is 1.80. The summed E-state index contributed by atoms with van der Waals surface area (Å²) in [4.78, 5) is 22.8. The van der Waals surface area contributed by atoms with Gasteiger partial charge in [0, 0.05) is 13.1 Å². The molecular weight excluding hydrogens is 282 g/mol. The van der Waals surface area contributed by atoms with E-state index >= 15 is 0 Å². The Hall–Kier alpha value is -2.55. The van der Waals surface area contributed by atoms with Crippen LogP contribution in [0.2, 0.25) is 0 Å². The maximum absolute atomic E-state index is 11.7. The molecule has 1 aromatic rings. The number of ether oxygens (including phenoxy) is 1. The second-order valence-corrected chi connectivity index (χ2v) is 4.64. The molecule has 0 radical (unpaired) electrons. The van der Waals surface area contributed by atoms with Crippen LogP contribution in [0.25, 0.3) is 0 Å². The Bertz CT molecular complexity index is 520. The standard InChI is InChI=1S/C16H21N3O3/c1-2-22-14-6-4-13(5-7-14)12-16(21)19-11-3-10-18-15(20)8-9-17/h4-7H,2-3,8,10-12H2,1H3,(H,18,20)(H,19,21). The van der Waals surface area contributed by atoms with Crippen LogP contribution in [0.5, 0.6) is 5.75 Å². The topological polar surface area (TPSA) is 91.2 Å². The zero-order valence-electron chi connectivity index (χ0n) is 12.7. The zero-order valence-corrected chi connectivity index (χ0v) is 12.7. The number of hydrogen-bond acceptors (Lipinski definition) is 4. The van der Waals surface area contributed by atoms with E-state index in [0.29, 0.717) is 32.5 Å². The highest BCUT2D eigenvalue weighted by molar-refractivity contribution is 5.78. The molecule has 0 saturated heterocycles. The van der Waals surface area contributed by atoms with Gasteiger partial charge in [0.2, 0.25) is 11.8 Å². The van der Waals surface area contributed by atoms with Crippen LogP contribution < -0.4 is 15.4 Å². The first-order valence-corrected chi connectivity index (χ1v) is 7.27. The molecule has 0 atom stereocenters. The minimum Gasteiger partial charge on any atom is -0.494 e. The van der Waals surface area contributed by atoms with Crippen LogP contribution in [0.3, 0.4) is 0 Å². The number of carbonyl (C=O) groups is 2. The maximum Gasteiger partial charge on any atom is 0.234 e. The summed E-state index contributed by atoms with van der Waals surface area (Å²) in [5, 5.41) is 13.7. The average molecular weight is 303 g/mol. The molecule has 0 fully saturated rings. The van der Waals surface area contributed by atoms with Crippen molar-refractivity contribution in [2.24, 2.45) is 0 Å². The molecule has 0 aliphatic rings. The van der Waals surface area contributed by atoms with Gasteiger partial charge in [-0.2, -0.15) is 5.26 Å². The Kier molecular flexibility index (Phi) is 8.13. The lowest BCUT2D eigenvalue weighted by Gasteiger charge is -2.07. The summed E-state index contributed by atoms with van der Waals surface area (Å²) >= 11 is 0. The molecule has 2 amide bonds. The highest BCUT2D eigenvalue weighted by Gasteiger charge is 2.04. The number of benzene rings is 1. The molecule has 2 N–H and O–H groups in total. The van der Waals surface area contributed by atoms with E-state index in [1.165, 1.54) is 0 Å². The zero-order chi connectivity index (χ0) is 16.2. The van der Waals surface area contributed by atoms with Crippen LogP contribution >= 0.6 is 0 Å². The first-order chi connectivity index (χ1) is 10.7. The monoisotopic (exact) mass is 303 g/mol. The molecule has 0 saturated carbocycles. The SMILES string of the molecule is CCOc1ccc(CC(=O)NCCCNC(=O)CC#N)cc1. The van der Waals surface area contributed by atoms with Crippen molar-refractivity contribution in [3.8, 4) is 11.8 Å². The van der Waals surface area contributed by atoms with Gasteiger partial charge in [-0.15, -0.1) is 0 Å². The van der Waals surface area contributed by atoms with Crippen LogP contribution in [-0.2, 0) is 16.0 Å². The molecule has 1 aromatic carbocycles. The number of hydrogen-bond donors (Lipinski definition) is 2. The Labute approximate surface area is 130 Å². The third-order valence-corrected chi connectivity index (χ3v) is 2.84. The molecule has 0 aliphatic heterocycles. The molecule has 0 aliphatic carbocycles. The fraction of sp³-hybridized carbons (Fsp3) is 0.438. The molecule has 1 rings (SSSR count). The van der Waals surface area contributed by atoms with Gasteiger partial charge in [-0.25, -0.2) is 0 Å². The third-order valence-electron chi connectivity index (χ3n) is 2.84. The summed E-state index contributed by atoms with van der Waals surface area (Å²) in [5.41, 5.74) is 0.920. The third kappa shape index (κ3) is 7.29. The van der Waals surface area contributed by atoms with E-state index in [9.17, 15) is 9.59 Å². The second kappa shape index (κ2) is 10.2. The van der Waals surface area contributed by atoms with Gasteiger partial charge < -0.3 is 15.4 Å². The van der Waals surface area contributed by atoms with Gasteiger partial charge in [-0.1, -0.05) is 12.1 Å². The summed E-state index contributed by atoms with van der Waals surface area (Å²) in [6, 6.07) is 9.20. The number of nitrogens with zero attached hydrogens (tertiary/aromatic N) is 1. The van der Waals surface area contributed by atoms with E-state index in [-0.39, 0.29) is 18.2 Å². The van der Waals surface area contributed by atoms with Gasteiger partial charge in [0.05, 0.1) is 19.1 Å². The summed E-state index contributed by atoms with van der Waals surface area (Å²) in [6.07, 6.45) is 0.809. The van der Waals surface area contributed by atoms with Gasteiger partial charge in [-0.05, 0) is 31.0 Å². The van der Waals surface area contributed by atoms with Gasteiger partial charge in [0.1, 0.15) is 12.2 Å². The predicted molar refractivity (Wildman–Crippen MR) is 82.2 cm³/mol. The number of amides is 2. The van der Waals surface area contributed by atoms with Gasteiger partial charge in [0.25, 0.3) is 0 Å². The van der Waals surface area contributed by atoms with Crippen molar-refractivity contribution in [1.29, 1.82) is 5.26 Å². The van der Waals surface area contributed by atoms with Crippen molar-refractivity contribution in [3.05, 3.63) is 29.8 Å². The van der Waals surface area contributed by atoms with E-state index in [0.717, 1.165) is 11.3 Å². The second-order valence-electron chi connectivity index (χ2n) is 4.64. The normalized spacial score (nSPS) is 9.64. The molecule has 6 nitrogen and oxygen atoms in total.